The predicted octanol–water partition coefficient (Wildman–Crippen LogP) is 0.0713. The van der Waals surface area contributed by atoms with Gasteiger partial charge in [-0.2, -0.15) is 0 Å². The van der Waals surface area contributed by atoms with Crippen LogP contribution in [0.25, 0.3) is 0 Å². The number of aliphatic hydroxyl groups is 1. The minimum atomic E-state index is -0.0559. The summed E-state index contributed by atoms with van der Waals surface area (Å²) in [7, 11) is 0. The van der Waals surface area contributed by atoms with Gasteiger partial charge in [0.05, 0.1) is 13.2 Å². The lowest BCUT2D eigenvalue weighted by atomic mass is 10.1. The molecule has 1 aromatic rings. The molecule has 0 unspecified atom stereocenters. The highest BCUT2D eigenvalue weighted by molar-refractivity contribution is 5.50. The van der Waals surface area contributed by atoms with Crippen LogP contribution in [0, 0.1) is 11.8 Å². The zero-order chi connectivity index (χ0) is 9.68. The summed E-state index contributed by atoms with van der Waals surface area (Å²) in [5.41, 5.74) is 12.9. The summed E-state index contributed by atoms with van der Waals surface area (Å²) < 4.78 is 0. The highest BCUT2D eigenvalue weighted by Crippen LogP contribution is 2.12. The van der Waals surface area contributed by atoms with E-state index in [-0.39, 0.29) is 6.61 Å². The molecule has 0 saturated heterocycles. The Bertz CT molecular complexity index is 350. The van der Waals surface area contributed by atoms with Gasteiger partial charge in [-0.25, -0.2) is 0 Å². The van der Waals surface area contributed by atoms with Crippen molar-refractivity contribution < 1.29 is 5.11 Å². The minimum absolute atomic E-state index is 0.0559. The monoisotopic (exact) mass is 176 g/mol. The van der Waals surface area contributed by atoms with E-state index < -0.39 is 0 Å². The molecule has 1 aromatic carbocycles. The largest absolute Gasteiger partial charge is 0.399 e. The average molecular weight is 176 g/mol. The summed E-state index contributed by atoms with van der Waals surface area (Å²) in [6, 6.07) is 5.24. The van der Waals surface area contributed by atoms with Gasteiger partial charge in [0.2, 0.25) is 0 Å². The van der Waals surface area contributed by atoms with E-state index in [4.69, 9.17) is 16.6 Å². The summed E-state index contributed by atoms with van der Waals surface area (Å²) in [6.07, 6.45) is 0. The van der Waals surface area contributed by atoms with Gasteiger partial charge in [0.1, 0.15) is 0 Å². The first kappa shape index (κ1) is 9.59. The van der Waals surface area contributed by atoms with E-state index >= 15 is 0 Å². The Kier molecular flexibility index (Phi) is 3.32. The molecule has 0 aliphatic heterocycles. The van der Waals surface area contributed by atoms with Crippen LogP contribution in [0.4, 0.5) is 5.69 Å². The molecule has 0 amide bonds. The number of rotatable bonds is 1. The van der Waals surface area contributed by atoms with E-state index in [9.17, 15) is 0 Å². The van der Waals surface area contributed by atoms with Gasteiger partial charge in [0.15, 0.2) is 0 Å². The summed E-state index contributed by atoms with van der Waals surface area (Å²) in [4.78, 5) is 0. The second kappa shape index (κ2) is 4.51. The van der Waals surface area contributed by atoms with Crippen LogP contribution in [0.15, 0.2) is 18.2 Å². The van der Waals surface area contributed by atoms with Gasteiger partial charge in [-0.15, -0.1) is 0 Å². The molecule has 0 saturated carbocycles. The first-order valence-corrected chi connectivity index (χ1v) is 3.96. The Labute approximate surface area is 77.4 Å². The number of hydrogen-bond acceptors (Lipinski definition) is 3. The molecule has 0 heterocycles. The molecule has 0 aliphatic rings. The molecule has 0 bridgehead atoms. The molecule has 0 spiro atoms. The third-order valence-corrected chi connectivity index (χ3v) is 1.62. The first-order valence-electron chi connectivity index (χ1n) is 3.96. The molecule has 3 heteroatoms. The molecule has 68 valence electrons. The molecule has 0 fully saturated rings. The van der Waals surface area contributed by atoms with Crippen LogP contribution in [0.1, 0.15) is 11.1 Å². The Morgan fingerprint density at radius 3 is 2.77 bits per heavy atom. The second-order valence-corrected chi connectivity index (χ2v) is 2.58. The number of nitrogens with two attached hydrogens (primary N) is 2. The number of benzene rings is 1. The summed E-state index contributed by atoms with van der Waals surface area (Å²) in [5, 5.41) is 8.99. The Hall–Kier alpha value is -1.50. The van der Waals surface area contributed by atoms with Crippen LogP contribution in [0.5, 0.6) is 0 Å². The molecular weight excluding hydrogens is 164 g/mol. The number of nitrogen functional groups attached to an aromatic ring is 1. The van der Waals surface area contributed by atoms with E-state index in [1.165, 1.54) is 0 Å². The molecule has 0 atom stereocenters. The Morgan fingerprint density at radius 1 is 1.38 bits per heavy atom. The zero-order valence-corrected chi connectivity index (χ0v) is 7.25. The van der Waals surface area contributed by atoms with Crippen molar-refractivity contribution in [2.45, 2.75) is 6.61 Å². The Balaban J connectivity index is 3.06. The quantitative estimate of drug-likeness (QED) is 0.419. The third-order valence-electron chi connectivity index (χ3n) is 1.62. The van der Waals surface area contributed by atoms with Crippen LogP contribution in [0.2, 0.25) is 0 Å². The van der Waals surface area contributed by atoms with Crippen LogP contribution in [0.3, 0.4) is 0 Å². The molecule has 5 N–H and O–H groups in total. The van der Waals surface area contributed by atoms with Crippen molar-refractivity contribution in [3.63, 3.8) is 0 Å². The van der Waals surface area contributed by atoms with Crippen LogP contribution in [-0.2, 0) is 6.61 Å². The number of anilines is 1. The van der Waals surface area contributed by atoms with Gasteiger partial charge >= 0.3 is 0 Å². The first-order chi connectivity index (χ1) is 6.27. The fourth-order valence-electron chi connectivity index (χ4n) is 1.01. The van der Waals surface area contributed by atoms with Gasteiger partial charge < -0.3 is 16.6 Å². The number of aliphatic hydroxyl groups excluding tert-OH is 1. The van der Waals surface area contributed by atoms with E-state index in [0.29, 0.717) is 12.2 Å². The van der Waals surface area contributed by atoms with E-state index in [1.807, 2.05) is 0 Å². The smallest absolute Gasteiger partial charge is 0.0694 e. The molecule has 1 rings (SSSR count). The topological polar surface area (TPSA) is 72.3 Å². The number of hydrogen-bond donors (Lipinski definition) is 3. The predicted molar refractivity (Wildman–Crippen MR) is 52.7 cm³/mol. The second-order valence-electron chi connectivity index (χ2n) is 2.58. The van der Waals surface area contributed by atoms with Crippen molar-refractivity contribution in [3.8, 4) is 11.8 Å². The summed E-state index contributed by atoms with van der Waals surface area (Å²) >= 11 is 0. The third kappa shape index (κ3) is 2.48. The minimum Gasteiger partial charge on any atom is -0.399 e. The van der Waals surface area contributed by atoms with Crippen LogP contribution >= 0.6 is 0 Å². The highest BCUT2D eigenvalue weighted by Gasteiger charge is 1.98. The molecule has 3 nitrogen and oxygen atoms in total. The molecule has 0 radical (unpaired) electrons. The highest BCUT2D eigenvalue weighted by atomic mass is 16.3. The van der Waals surface area contributed by atoms with Crippen LogP contribution < -0.4 is 11.5 Å². The van der Waals surface area contributed by atoms with Gasteiger partial charge in [0, 0.05) is 11.3 Å². The maximum atomic E-state index is 8.99. The molecule has 0 aromatic heterocycles. The van der Waals surface area contributed by atoms with E-state index in [2.05, 4.69) is 11.8 Å². The summed E-state index contributed by atoms with van der Waals surface area (Å²) in [6.45, 7) is 0.259. The van der Waals surface area contributed by atoms with Crippen molar-refractivity contribution in [3.05, 3.63) is 29.3 Å². The normalized spacial score (nSPS) is 9.08. The SMILES string of the molecule is NCC#Cc1ccc(N)cc1CO. The van der Waals surface area contributed by atoms with Gasteiger partial charge in [-0.1, -0.05) is 11.8 Å². The van der Waals surface area contributed by atoms with Crippen molar-refractivity contribution in [1.82, 2.24) is 0 Å². The lowest BCUT2D eigenvalue weighted by Crippen LogP contribution is -1.95. The maximum absolute atomic E-state index is 8.99. The molecular formula is C10H12N2O. The molecule has 13 heavy (non-hydrogen) atoms. The fourth-order valence-corrected chi connectivity index (χ4v) is 1.01. The lowest BCUT2D eigenvalue weighted by molar-refractivity contribution is 0.281. The molecule has 0 aliphatic carbocycles. The fraction of sp³-hybridized carbons (Fsp3) is 0.200. The van der Waals surface area contributed by atoms with Crippen molar-refractivity contribution in [1.29, 1.82) is 0 Å². The van der Waals surface area contributed by atoms with Crippen molar-refractivity contribution >= 4 is 5.69 Å². The lowest BCUT2D eigenvalue weighted by Gasteiger charge is -2.01. The maximum Gasteiger partial charge on any atom is 0.0694 e. The summed E-state index contributed by atoms with van der Waals surface area (Å²) in [5.74, 6) is 5.59. The van der Waals surface area contributed by atoms with Gasteiger partial charge in [-0.05, 0) is 23.8 Å². The average Bonchev–Trinajstić information content (AvgIpc) is 2.16. The Morgan fingerprint density at radius 2 is 2.15 bits per heavy atom. The zero-order valence-electron chi connectivity index (χ0n) is 7.25. The van der Waals surface area contributed by atoms with Crippen molar-refractivity contribution in [2.24, 2.45) is 5.73 Å². The standard InChI is InChI=1S/C10H12N2O/c11-5-1-2-8-3-4-10(12)6-9(8)7-13/h3-4,6,13H,5,7,11-12H2. The van der Waals surface area contributed by atoms with E-state index in [1.54, 1.807) is 18.2 Å². The van der Waals surface area contributed by atoms with Gasteiger partial charge in [-0.3, -0.25) is 0 Å². The van der Waals surface area contributed by atoms with Gasteiger partial charge in [0.25, 0.3) is 0 Å². The van der Waals surface area contributed by atoms with E-state index in [0.717, 1.165) is 11.1 Å². The van der Waals surface area contributed by atoms with Crippen LogP contribution in [-0.4, -0.2) is 11.7 Å². The van der Waals surface area contributed by atoms with Crippen molar-refractivity contribution in [2.75, 3.05) is 12.3 Å².